The molecule has 5 N–H and O–H groups in total. The molecule has 8 aromatic rings. The molecule has 63 heavy (non-hydrogen) atoms. The molecule has 0 spiro atoms. The first-order valence-corrected chi connectivity index (χ1v) is 23.1. The average Bonchev–Trinajstić information content (AvgIpc) is 4.12. The summed E-state index contributed by atoms with van der Waals surface area (Å²) >= 11 is 3.72. The first-order chi connectivity index (χ1) is 30.9. The Morgan fingerprint density at radius 1 is 0.746 bits per heavy atom. The fraction of sp³-hybridized carbons (Fsp3) is 0.435. The first-order valence-electron chi connectivity index (χ1n) is 22.4. The summed E-state index contributed by atoms with van der Waals surface area (Å²) in [6.07, 6.45) is 16.7. The summed E-state index contributed by atoms with van der Waals surface area (Å²) in [5.74, 6) is 3.59. The number of benzene rings is 2. The molecule has 2 aromatic carbocycles. The van der Waals surface area contributed by atoms with Crippen LogP contribution in [0.3, 0.4) is 0 Å². The normalized spacial score (nSPS) is 19.4. The SMILES string of the molecule is CCc1cnn2c(NCc3ccc4c(c3)ncn4CN(c3cc(NCc4ccc5c(c4)ncn5C)n4ncc(Br)c4n3)[C@H]3CCCC[C@H]3CO)cc(N[C@H]3CCCC[C@H]3CO)nc12. The van der Waals surface area contributed by atoms with Gasteiger partial charge >= 0.3 is 0 Å². The molecule has 17 heteroatoms. The lowest BCUT2D eigenvalue weighted by molar-refractivity contribution is 0.162. The maximum absolute atomic E-state index is 10.7. The molecule has 0 amide bonds. The van der Waals surface area contributed by atoms with Crippen molar-refractivity contribution >= 4 is 72.6 Å². The smallest absolute Gasteiger partial charge is 0.173 e. The van der Waals surface area contributed by atoms with Crippen LogP contribution in [0.2, 0.25) is 0 Å². The van der Waals surface area contributed by atoms with Crippen LogP contribution >= 0.6 is 15.9 Å². The molecule has 2 aliphatic carbocycles. The van der Waals surface area contributed by atoms with Crippen molar-refractivity contribution in [2.75, 3.05) is 34.1 Å². The average molecular weight is 916 g/mol. The van der Waals surface area contributed by atoms with Gasteiger partial charge in [-0.2, -0.15) is 19.2 Å². The minimum atomic E-state index is 0.0699. The molecule has 0 aliphatic heterocycles. The van der Waals surface area contributed by atoms with Crippen molar-refractivity contribution in [3.05, 3.63) is 94.7 Å². The van der Waals surface area contributed by atoms with E-state index in [1.807, 2.05) is 45.6 Å². The van der Waals surface area contributed by atoms with Crippen LogP contribution in [-0.4, -0.2) is 83.8 Å². The molecule has 2 fully saturated rings. The van der Waals surface area contributed by atoms with Crippen molar-refractivity contribution in [2.45, 2.75) is 96.6 Å². The fourth-order valence-corrected chi connectivity index (χ4v) is 10.1. The van der Waals surface area contributed by atoms with E-state index in [1.165, 1.54) is 0 Å². The van der Waals surface area contributed by atoms with E-state index in [4.69, 9.17) is 20.1 Å². The van der Waals surface area contributed by atoms with Gasteiger partial charge in [-0.3, -0.25) is 0 Å². The molecule has 0 radical (unpaired) electrons. The Balaban J connectivity index is 0.926. The number of aromatic nitrogens is 10. The van der Waals surface area contributed by atoms with E-state index in [9.17, 15) is 10.2 Å². The summed E-state index contributed by atoms with van der Waals surface area (Å²) in [7, 11) is 2.00. The van der Waals surface area contributed by atoms with Crippen LogP contribution < -0.4 is 20.9 Å². The zero-order valence-electron chi connectivity index (χ0n) is 35.8. The molecule has 0 bridgehead atoms. The van der Waals surface area contributed by atoms with Crippen molar-refractivity contribution < 1.29 is 10.2 Å². The highest BCUT2D eigenvalue weighted by Gasteiger charge is 2.32. The molecule has 2 saturated carbocycles. The zero-order valence-corrected chi connectivity index (χ0v) is 37.4. The lowest BCUT2D eigenvalue weighted by Gasteiger charge is -2.40. The van der Waals surface area contributed by atoms with E-state index in [2.05, 4.69) is 101 Å². The molecule has 328 valence electrons. The molecule has 10 rings (SSSR count). The highest BCUT2D eigenvalue weighted by atomic mass is 79.9. The summed E-state index contributed by atoms with van der Waals surface area (Å²) < 4.78 is 8.74. The number of anilines is 4. The molecule has 0 unspecified atom stereocenters. The van der Waals surface area contributed by atoms with E-state index in [0.29, 0.717) is 25.4 Å². The van der Waals surface area contributed by atoms with Crippen LogP contribution in [0.25, 0.3) is 33.4 Å². The van der Waals surface area contributed by atoms with Gasteiger partial charge in [0.1, 0.15) is 23.3 Å². The van der Waals surface area contributed by atoms with Gasteiger partial charge in [-0.05, 0) is 83.4 Å². The lowest BCUT2D eigenvalue weighted by atomic mass is 9.84. The number of aliphatic hydroxyl groups is 2. The van der Waals surface area contributed by atoms with Gasteiger partial charge in [0.15, 0.2) is 11.3 Å². The van der Waals surface area contributed by atoms with Crippen molar-refractivity contribution in [2.24, 2.45) is 18.9 Å². The Bertz CT molecular complexity index is 2880. The van der Waals surface area contributed by atoms with Crippen molar-refractivity contribution in [3.8, 4) is 0 Å². The number of imidazole rings is 2. The second-order valence-corrected chi connectivity index (χ2v) is 18.2. The fourth-order valence-electron chi connectivity index (χ4n) is 9.79. The summed E-state index contributed by atoms with van der Waals surface area (Å²) in [4.78, 5) is 22.0. The Labute approximate surface area is 373 Å². The lowest BCUT2D eigenvalue weighted by Crippen LogP contribution is -2.45. The van der Waals surface area contributed by atoms with Crippen LogP contribution in [0.5, 0.6) is 0 Å². The standard InChI is InChI=1S/C46H55BrN14O2/c1-3-31-22-52-60-42(18-41(55-45(31)60)54-35-10-6-4-8-32(35)24-62)48-20-30-13-15-40-37(17-30)51-27-58(40)28-59(38-11-7-5-9-33(38)25-63)44-19-43(61-46(56-44)34(47)23-53-61)49-21-29-12-14-39-36(16-29)50-26-57(39)2/h12-19,22-23,26-27,32-33,35,38,48-49,62-63H,3-11,20-21,24-25,28H2,1-2H3,(H,54,55)/t32-,33-,35-,38-/m0/s1. The Hall–Kier alpha value is -5.78. The number of nitrogens with one attached hydrogen (secondary N) is 3. The summed E-state index contributed by atoms with van der Waals surface area (Å²) in [5.41, 5.74) is 8.78. The third kappa shape index (κ3) is 8.17. The van der Waals surface area contributed by atoms with Gasteiger partial charge in [-0.15, -0.1) is 0 Å². The van der Waals surface area contributed by atoms with Gasteiger partial charge in [-0.25, -0.2) is 19.9 Å². The number of nitrogens with zero attached hydrogens (tertiary/aromatic N) is 11. The number of fused-ring (bicyclic) bond motifs is 4. The van der Waals surface area contributed by atoms with Gasteiger partial charge in [0.25, 0.3) is 0 Å². The summed E-state index contributed by atoms with van der Waals surface area (Å²) in [6, 6.07) is 17.2. The Morgan fingerprint density at radius 2 is 1.41 bits per heavy atom. The number of aliphatic hydroxyl groups excluding tert-OH is 2. The van der Waals surface area contributed by atoms with E-state index < -0.39 is 0 Å². The predicted octanol–water partition coefficient (Wildman–Crippen LogP) is 7.54. The monoisotopic (exact) mass is 914 g/mol. The van der Waals surface area contributed by atoms with E-state index in [-0.39, 0.29) is 37.1 Å². The maximum atomic E-state index is 10.7. The first kappa shape index (κ1) is 41.2. The Kier molecular flexibility index (Phi) is 11.6. The van der Waals surface area contributed by atoms with E-state index in [1.54, 1.807) is 6.20 Å². The maximum Gasteiger partial charge on any atom is 0.173 e. The van der Waals surface area contributed by atoms with Gasteiger partial charge in [0.05, 0.1) is 58.3 Å². The summed E-state index contributed by atoms with van der Waals surface area (Å²) in [5, 5.41) is 41.1. The molecule has 2 aliphatic rings. The molecule has 6 aromatic heterocycles. The zero-order chi connectivity index (χ0) is 43.0. The molecule has 16 nitrogen and oxygen atoms in total. The van der Waals surface area contributed by atoms with Crippen LogP contribution in [0.15, 0.2) is 78.1 Å². The predicted molar refractivity (Wildman–Crippen MR) is 250 cm³/mol. The van der Waals surface area contributed by atoms with Gasteiger partial charge in [0, 0.05) is 75.0 Å². The second-order valence-electron chi connectivity index (χ2n) is 17.3. The molecular weight excluding hydrogens is 861 g/mol. The number of hydrogen-bond donors (Lipinski definition) is 5. The molecule has 4 atom stereocenters. The van der Waals surface area contributed by atoms with Gasteiger partial charge in [-0.1, -0.05) is 44.7 Å². The minimum absolute atomic E-state index is 0.0699. The number of hydrogen-bond acceptors (Lipinski definition) is 12. The van der Waals surface area contributed by atoms with Gasteiger partial charge < -0.3 is 40.2 Å². The van der Waals surface area contributed by atoms with Crippen molar-refractivity contribution in [3.63, 3.8) is 0 Å². The van der Waals surface area contributed by atoms with E-state index in [0.717, 1.165) is 130 Å². The quantitative estimate of drug-likeness (QED) is 0.0685. The second kappa shape index (κ2) is 17.8. The van der Waals surface area contributed by atoms with Crippen molar-refractivity contribution in [1.29, 1.82) is 0 Å². The van der Waals surface area contributed by atoms with Gasteiger partial charge in [0.2, 0.25) is 0 Å². The van der Waals surface area contributed by atoms with Crippen LogP contribution in [0, 0.1) is 11.8 Å². The molecule has 6 heterocycles. The molecule has 0 saturated heterocycles. The Morgan fingerprint density at radius 3 is 2.19 bits per heavy atom. The van der Waals surface area contributed by atoms with Crippen LogP contribution in [-0.2, 0) is 33.2 Å². The number of halogens is 1. The largest absolute Gasteiger partial charge is 0.396 e. The number of aryl methyl sites for hydroxylation is 2. The summed E-state index contributed by atoms with van der Waals surface area (Å²) in [6.45, 7) is 4.06. The van der Waals surface area contributed by atoms with Crippen molar-refractivity contribution in [1.82, 2.24) is 48.3 Å². The minimum Gasteiger partial charge on any atom is -0.396 e. The topological polar surface area (TPSA) is 176 Å². The third-order valence-electron chi connectivity index (χ3n) is 13.3. The third-order valence-corrected chi connectivity index (χ3v) is 13.9. The molecular formula is C46H55BrN14O2. The highest BCUT2D eigenvalue weighted by molar-refractivity contribution is 9.10. The highest BCUT2D eigenvalue weighted by Crippen LogP contribution is 2.35. The van der Waals surface area contributed by atoms with Crippen LogP contribution in [0.1, 0.15) is 75.0 Å². The number of rotatable bonds is 15. The van der Waals surface area contributed by atoms with Crippen LogP contribution in [0.4, 0.5) is 23.3 Å². The van der Waals surface area contributed by atoms with E-state index >= 15 is 0 Å².